The van der Waals surface area contributed by atoms with E-state index in [1.807, 2.05) is 23.6 Å². The van der Waals surface area contributed by atoms with Crippen molar-refractivity contribution in [1.29, 1.82) is 0 Å². The second-order valence-electron chi connectivity index (χ2n) is 8.86. The maximum absolute atomic E-state index is 4.65. The molecule has 0 atom stereocenters. The van der Waals surface area contributed by atoms with Crippen LogP contribution in [0.3, 0.4) is 0 Å². The summed E-state index contributed by atoms with van der Waals surface area (Å²) >= 11 is 1.88. The van der Waals surface area contributed by atoms with Crippen LogP contribution in [-0.4, -0.2) is 9.55 Å². The van der Waals surface area contributed by atoms with Crippen molar-refractivity contribution in [1.82, 2.24) is 9.55 Å². The van der Waals surface area contributed by atoms with E-state index in [9.17, 15) is 0 Å². The molecule has 3 aromatic heterocycles. The van der Waals surface area contributed by atoms with Gasteiger partial charge in [0.25, 0.3) is 0 Å². The Morgan fingerprint density at radius 3 is 2.35 bits per heavy atom. The number of aromatic nitrogens is 2. The number of hydrogen-bond acceptors (Lipinski definition) is 2. The molecule has 0 saturated heterocycles. The van der Waals surface area contributed by atoms with Crippen LogP contribution in [0.2, 0.25) is 0 Å². The van der Waals surface area contributed by atoms with E-state index in [2.05, 4.69) is 107 Å². The fraction of sp³-hybridized carbons (Fsp3) is 0. The predicted molar refractivity (Wildman–Crippen MR) is 146 cm³/mol. The molecule has 5 aromatic carbocycles. The largest absolute Gasteiger partial charge is 0.309 e. The van der Waals surface area contributed by atoms with Crippen LogP contribution in [-0.2, 0) is 0 Å². The second-order valence-corrected chi connectivity index (χ2v) is 9.95. The zero-order valence-corrected chi connectivity index (χ0v) is 19.0. The molecule has 3 heteroatoms. The highest BCUT2D eigenvalue weighted by Gasteiger charge is 2.15. The lowest BCUT2D eigenvalue weighted by Crippen LogP contribution is -1.94. The van der Waals surface area contributed by atoms with Gasteiger partial charge in [-0.05, 0) is 47.9 Å². The highest BCUT2D eigenvalue weighted by atomic mass is 32.1. The minimum absolute atomic E-state index is 1.06. The third-order valence-corrected chi connectivity index (χ3v) is 8.13. The lowest BCUT2D eigenvalue weighted by atomic mass is 10.1. The van der Waals surface area contributed by atoms with Crippen LogP contribution < -0.4 is 0 Å². The summed E-state index contributed by atoms with van der Waals surface area (Å²) in [5.74, 6) is 0. The van der Waals surface area contributed by atoms with E-state index in [4.69, 9.17) is 0 Å². The van der Waals surface area contributed by atoms with Gasteiger partial charge in [-0.25, -0.2) is 0 Å². The number of pyridine rings is 1. The van der Waals surface area contributed by atoms with Gasteiger partial charge in [-0.1, -0.05) is 60.7 Å². The molecule has 158 valence electrons. The van der Waals surface area contributed by atoms with E-state index >= 15 is 0 Å². The Morgan fingerprint density at radius 1 is 0.529 bits per heavy atom. The van der Waals surface area contributed by atoms with Gasteiger partial charge in [-0.2, -0.15) is 0 Å². The van der Waals surface area contributed by atoms with Crippen molar-refractivity contribution >= 4 is 75.0 Å². The molecule has 0 aliphatic carbocycles. The van der Waals surface area contributed by atoms with Crippen LogP contribution in [0.4, 0.5) is 0 Å². The highest BCUT2D eigenvalue weighted by Crippen LogP contribution is 2.40. The molecule has 0 saturated carbocycles. The molecule has 3 heterocycles. The van der Waals surface area contributed by atoms with E-state index in [1.54, 1.807) is 0 Å². The van der Waals surface area contributed by atoms with Crippen molar-refractivity contribution < 1.29 is 0 Å². The SMILES string of the molecule is c1cnc2c(c1)ccc1cc(-n3c4ccccc4c4cc5sc6ccccc6c5cc43)ccc12. The summed E-state index contributed by atoms with van der Waals surface area (Å²) in [5, 5.41) is 8.81. The third kappa shape index (κ3) is 2.42. The molecule has 0 radical (unpaired) electrons. The van der Waals surface area contributed by atoms with Gasteiger partial charge >= 0.3 is 0 Å². The summed E-state index contributed by atoms with van der Waals surface area (Å²) in [6.45, 7) is 0. The van der Waals surface area contributed by atoms with Crippen molar-refractivity contribution in [3.63, 3.8) is 0 Å². The highest BCUT2D eigenvalue weighted by molar-refractivity contribution is 7.25. The number of nitrogens with zero attached hydrogens (tertiary/aromatic N) is 2. The van der Waals surface area contributed by atoms with Gasteiger partial charge in [0, 0.05) is 53.6 Å². The van der Waals surface area contributed by atoms with Crippen molar-refractivity contribution in [2.24, 2.45) is 0 Å². The molecule has 0 bridgehead atoms. The number of rotatable bonds is 1. The van der Waals surface area contributed by atoms with Crippen molar-refractivity contribution in [3.05, 3.63) is 109 Å². The van der Waals surface area contributed by atoms with Gasteiger partial charge in [0.2, 0.25) is 0 Å². The summed E-state index contributed by atoms with van der Waals surface area (Å²) in [6.07, 6.45) is 1.87. The maximum atomic E-state index is 4.65. The Hall–Kier alpha value is -4.21. The van der Waals surface area contributed by atoms with E-state index in [-0.39, 0.29) is 0 Å². The van der Waals surface area contributed by atoms with E-state index in [0.717, 1.165) is 5.52 Å². The average molecular weight is 451 g/mol. The molecule has 0 amide bonds. The van der Waals surface area contributed by atoms with E-state index in [0.29, 0.717) is 0 Å². The molecule has 34 heavy (non-hydrogen) atoms. The van der Waals surface area contributed by atoms with Gasteiger partial charge in [0.15, 0.2) is 0 Å². The predicted octanol–water partition coefficient (Wildman–Crippen LogP) is 8.85. The monoisotopic (exact) mass is 450 g/mol. The van der Waals surface area contributed by atoms with Gasteiger partial charge < -0.3 is 4.57 Å². The lowest BCUT2D eigenvalue weighted by molar-refractivity contribution is 1.19. The molecule has 0 fully saturated rings. The molecular weight excluding hydrogens is 432 g/mol. The smallest absolute Gasteiger partial charge is 0.0780 e. The molecular formula is C31H18N2S. The Balaban J connectivity index is 1.49. The first-order chi connectivity index (χ1) is 16.8. The van der Waals surface area contributed by atoms with Crippen molar-refractivity contribution in [2.45, 2.75) is 0 Å². The summed E-state index contributed by atoms with van der Waals surface area (Å²) in [7, 11) is 0. The summed E-state index contributed by atoms with van der Waals surface area (Å²) < 4.78 is 5.09. The second kappa shape index (κ2) is 6.66. The Kier molecular flexibility index (Phi) is 3.57. The Labute approximate surface area is 199 Å². The van der Waals surface area contributed by atoms with Crippen molar-refractivity contribution in [2.75, 3.05) is 0 Å². The van der Waals surface area contributed by atoms with Gasteiger partial charge in [0.05, 0.1) is 16.6 Å². The van der Waals surface area contributed by atoms with E-state index < -0.39 is 0 Å². The number of fused-ring (bicyclic) bond motifs is 9. The minimum Gasteiger partial charge on any atom is -0.309 e. The summed E-state index contributed by atoms with van der Waals surface area (Å²) in [5.41, 5.74) is 4.71. The third-order valence-electron chi connectivity index (χ3n) is 7.00. The lowest BCUT2D eigenvalue weighted by Gasteiger charge is -2.10. The molecule has 0 aliphatic rings. The number of thiophene rings is 1. The first-order valence-electron chi connectivity index (χ1n) is 11.5. The molecule has 0 unspecified atom stereocenters. The molecule has 8 rings (SSSR count). The fourth-order valence-electron chi connectivity index (χ4n) is 5.46. The normalized spacial score (nSPS) is 12.1. The summed E-state index contributed by atoms with van der Waals surface area (Å²) in [4.78, 5) is 4.65. The standard InChI is InChI=1S/C31H18N2S/c1-3-9-27-23(7-1)25-18-30-26(24-8-2-4-10-29(24)34-30)17-28(25)33(27)21-13-14-22-20(16-21)12-11-19-6-5-15-32-31(19)22/h1-18H. The molecule has 8 aromatic rings. The first kappa shape index (κ1) is 18.2. The molecule has 2 nitrogen and oxygen atoms in total. The van der Waals surface area contributed by atoms with Gasteiger partial charge in [0.1, 0.15) is 0 Å². The van der Waals surface area contributed by atoms with Crippen LogP contribution >= 0.6 is 11.3 Å². The zero-order chi connectivity index (χ0) is 22.2. The fourth-order valence-corrected chi connectivity index (χ4v) is 6.59. The minimum atomic E-state index is 1.06. The van der Waals surface area contributed by atoms with Crippen molar-refractivity contribution in [3.8, 4) is 5.69 Å². The Bertz CT molecular complexity index is 2080. The van der Waals surface area contributed by atoms with Gasteiger partial charge in [-0.3, -0.25) is 4.98 Å². The number of benzene rings is 5. The summed E-state index contributed by atoms with van der Waals surface area (Å²) in [6, 6.07) is 37.5. The number of hydrogen-bond donors (Lipinski definition) is 0. The molecule has 0 spiro atoms. The van der Waals surface area contributed by atoms with Crippen LogP contribution in [0.1, 0.15) is 0 Å². The maximum Gasteiger partial charge on any atom is 0.0780 e. The number of para-hydroxylation sites is 1. The quantitative estimate of drug-likeness (QED) is 0.228. The van der Waals surface area contributed by atoms with Crippen LogP contribution in [0, 0.1) is 0 Å². The Morgan fingerprint density at radius 2 is 1.38 bits per heavy atom. The van der Waals surface area contributed by atoms with Crippen LogP contribution in [0.5, 0.6) is 0 Å². The average Bonchev–Trinajstić information content (AvgIpc) is 3.42. The molecule has 0 aliphatic heterocycles. The first-order valence-corrected chi connectivity index (χ1v) is 12.3. The zero-order valence-electron chi connectivity index (χ0n) is 18.2. The van der Waals surface area contributed by atoms with Crippen LogP contribution in [0.25, 0.3) is 69.3 Å². The van der Waals surface area contributed by atoms with Gasteiger partial charge in [-0.15, -0.1) is 11.3 Å². The topological polar surface area (TPSA) is 17.8 Å². The van der Waals surface area contributed by atoms with Crippen LogP contribution in [0.15, 0.2) is 109 Å². The molecule has 0 N–H and O–H groups in total. The van der Waals surface area contributed by atoms with E-state index in [1.165, 1.54) is 63.8 Å².